The number of hydrogen-bond acceptors (Lipinski definition) is 7. The SMILES string of the molecule is CCOC(=O)c1[nH]c(C)c(C(=O)COC(=O)Cc2csc(-c3cccc(Cl)c3)n2)c1C. The van der Waals surface area contributed by atoms with Gasteiger partial charge in [0.05, 0.1) is 18.7 Å². The van der Waals surface area contributed by atoms with Crippen molar-refractivity contribution in [2.75, 3.05) is 13.2 Å². The molecule has 2 aromatic heterocycles. The number of ether oxygens (including phenoxy) is 2. The van der Waals surface area contributed by atoms with Gasteiger partial charge in [0.25, 0.3) is 0 Å². The number of carbonyl (C=O) groups excluding carboxylic acids is 3. The number of esters is 2. The van der Waals surface area contributed by atoms with Crippen LogP contribution in [0.25, 0.3) is 10.6 Å². The van der Waals surface area contributed by atoms with Gasteiger partial charge < -0.3 is 14.5 Å². The zero-order chi connectivity index (χ0) is 22.5. The van der Waals surface area contributed by atoms with Crippen LogP contribution >= 0.6 is 22.9 Å². The van der Waals surface area contributed by atoms with Crippen molar-refractivity contribution in [3.63, 3.8) is 0 Å². The van der Waals surface area contributed by atoms with Crippen LogP contribution in [-0.4, -0.2) is 40.9 Å². The molecular formula is C22H21ClN2O5S. The number of carbonyl (C=O) groups is 3. The third-order valence-corrected chi connectivity index (χ3v) is 5.68. The molecule has 162 valence electrons. The summed E-state index contributed by atoms with van der Waals surface area (Å²) >= 11 is 7.40. The highest BCUT2D eigenvalue weighted by atomic mass is 35.5. The number of thiazole rings is 1. The molecule has 0 fully saturated rings. The predicted octanol–water partition coefficient (Wildman–Crippen LogP) is 4.55. The minimum Gasteiger partial charge on any atom is -0.461 e. The molecule has 0 bridgehead atoms. The molecule has 0 radical (unpaired) electrons. The Bertz CT molecular complexity index is 1130. The molecule has 0 aliphatic carbocycles. The zero-order valence-corrected chi connectivity index (χ0v) is 18.9. The molecular weight excluding hydrogens is 440 g/mol. The first kappa shape index (κ1) is 22.7. The normalized spacial score (nSPS) is 10.7. The van der Waals surface area contributed by atoms with Crippen molar-refractivity contribution in [2.24, 2.45) is 0 Å². The van der Waals surface area contributed by atoms with Crippen molar-refractivity contribution in [3.8, 4) is 10.6 Å². The molecule has 0 aliphatic rings. The highest BCUT2D eigenvalue weighted by molar-refractivity contribution is 7.13. The lowest BCUT2D eigenvalue weighted by Gasteiger charge is -2.05. The Morgan fingerprint density at radius 2 is 1.97 bits per heavy atom. The summed E-state index contributed by atoms with van der Waals surface area (Å²) in [6.07, 6.45) is -0.0521. The van der Waals surface area contributed by atoms with Crippen molar-refractivity contribution < 1.29 is 23.9 Å². The number of benzene rings is 1. The Hall–Kier alpha value is -2.97. The van der Waals surface area contributed by atoms with Crippen LogP contribution in [0, 0.1) is 13.8 Å². The largest absolute Gasteiger partial charge is 0.461 e. The second-order valence-electron chi connectivity index (χ2n) is 6.76. The molecule has 1 aromatic carbocycles. The van der Waals surface area contributed by atoms with Crippen molar-refractivity contribution in [1.29, 1.82) is 0 Å². The summed E-state index contributed by atoms with van der Waals surface area (Å²) in [7, 11) is 0. The van der Waals surface area contributed by atoms with E-state index in [0.717, 1.165) is 10.6 Å². The number of ketones is 1. The lowest BCUT2D eigenvalue weighted by atomic mass is 10.1. The van der Waals surface area contributed by atoms with E-state index in [4.69, 9.17) is 21.1 Å². The summed E-state index contributed by atoms with van der Waals surface area (Å²) in [5.74, 6) is -1.49. The standard InChI is InChI=1S/C22H21ClN2O5S/c1-4-29-22(28)20-12(2)19(13(3)24-20)17(26)10-30-18(27)9-16-11-31-21(25-16)14-6-5-7-15(23)8-14/h5-8,11,24H,4,9-10H2,1-3H3. The van der Waals surface area contributed by atoms with Gasteiger partial charge in [-0.3, -0.25) is 9.59 Å². The highest BCUT2D eigenvalue weighted by Gasteiger charge is 2.23. The summed E-state index contributed by atoms with van der Waals surface area (Å²) in [6, 6.07) is 7.29. The fourth-order valence-corrected chi connectivity index (χ4v) is 4.14. The van der Waals surface area contributed by atoms with Crippen LogP contribution in [0.2, 0.25) is 5.02 Å². The lowest BCUT2D eigenvalue weighted by molar-refractivity contribution is -0.141. The third kappa shape index (κ3) is 5.39. The summed E-state index contributed by atoms with van der Waals surface area (Å²) in [5.41, 5.74) is 2.96. The van der Waals surface area contributed by atoms with Crippen LogP contribution in [0.5, 0.6) is 0 Å². The molecule has 3 rings (SSSR count). The smallest absolute Gasteiger partial charge is 0.355 e. The number of nitrogens with zero attached hydrogens (tertiary/aromatic N) is 1. The van der Waals surface area contributed by atoms with Gasteiger partial charge in [-0.05, 0) is 38.5 Å². The van der Waals surface area contributed by atoms with Crippen molar-refractivity contribution >= 4 is 40.7 Å². The van der Waals surface area contributed by atoms with E-state index in [1.165, 1.54) is 11.3 Å². The number of rotatable bonds is 8. The van der Waals surface area contributed by atoms with Crippen LogP contribution < -0.4 is 0 Å². The predicted molar refractivity (Wildman–Crippen MR) is 118 cm³/mol. The number of halogens is 1. The molecule has 9 heteroatoms. The first-order valence-corrected chi connectivity index (χ1v) is 10.8. The van der Waals surface area contributed by atoms with Crippen LogP contribution in [-0.2, 0) is 20.7 Å². The molecule has 0 saturated carbocycles. The average molecular weight is 461 g/mol. The number of Topliss-reactive ketones (excluding diaryl/α,β-unsaturated/α-hetero) is 1. The topological polar surface area (TPSA) is 98.4 Å². The molecule has 0 aliphatic heterocycles. The van der Waals surface area contributed by atoms with E-state index in [9.17, 15) is 14.4 Å². The number of hydrogen-bond donors (Lipinski definition) is 1. The molecule has 0 saturated heterocycles. The number of aromatic nitrogens is 2. The molecule has 1 N–H and O–H groups in total. The Labute approximate surface area is 188 Å². The number of nitrogens with one attached hydrogen (secondary N) is 1. The summed E-state index contributed by atoms with van der Waals surface area (Å²) in [5, 5.41) is 3.12. The Morgan fingerprint density at radius 3 is 2.68 bits per heavy atom. The summed E-state index contributed by atoms with van der Waals surface area (Å²) in [6.45, 7) is 4.84. The second kappa shape index (κ2) is 9.89. The first-order chi connectivity index (χ1) is 14.8. The van der Waals surface area contributed by atoms with Gasteiger partial charge in [-0.2, -0.15) is 0 Å². The Kier molecular flexibility index (Phi) is 7.25. The zero-order valence-electron chi connectivity index (χ0n) is 17.3. The maximum Gasteiger partial charge on any atom is 0.355 e. The van der Waals surface area contributed by atoms with Crippen LogP contribution in [0.3, 0.4) is 0 Å². The fraction of sp³-hybridized carbons (Fsp3) is 0.273. The van der Waals surface area contributed by atoms with Gasteiger partial charge >= 0.3 is 11.9 Å². The van der Waals surface area contributed by atoms with Gasteiger partial charge in [0.15, 0.2) is 6.61 Å². The summed E-state index contributed by atoms with van der Waals surface area (Å²) in [4.78, 5) is 44.1. The van der Waals surface area contributed by atoms with Crippen molar-refractivity contribution in [1.82, 2.24) is 9.97 Å². The van der Waals surface area contributed by atoms with Gasteiger partial charge in [-0.15, -0.1) is 11.3 Å². The minimum atomic E-state index is -0.562. The van der Waals surface area contributed by atoms with Crippen molar-refractivity contribution in [3.05, 3.63) is 62.9 Å². The maximum absolute atomic E-state index is 12.6. The number of aryl methyl sites for hydroxylation is 1. The molecule has 2 heterocycles. The lowest BCUT2D eigenvalue weighted by Crippen LogP contribution is -2.17. The Balaban J connectivity index is 1.60. The van der Waals surface area contributed by atoms with E-state index in [2.05, 4.69) is 9.97 Å². The monoisotopic (exact) mass is 460 g/mol. The third-order valence-electron chi connectivity index (χ3n) is 4.51. The van der Waals surface area contributed by atoms with Crippen LogP contribution in [0.15, 0.2) is 29.6 Å². The van der Waals surface area contributed by atoms with Crippen molar-refractivity contribution in [2.45, 2.75) is 27.2 Å². The Morgan fingerprint density at radius 1 is 1.19 bits per heavy atom. The first-order valence-electron chi connectivity index (χ1n) is 9.55. The molecule has 0 spiro atoms. The quantitative estimate of drug-likeness (QED) is 0.391. The fourth-order valence-electron chi connectivity index (χ4n) is 3.14. The number of H-pyrrole nitrogens is 1. The van der Waals surface area contributed by atoms with E-state index in [-0.39, 0.29) is 18.7 Å². The minimum absolute atomic E-state index is 0.0521. The van der Waals surface area contributed by atoms with E-state index in [1.54, 1.807) is 38.3 Å². The maximum atomic E-state index is 12.6. The van der Waals surface area contributed by atoms with Gasteiger partial charge in [0.1, 0.15) is 10.7 Å². The van der Waals surface area contributed by atoms with E-state index < -0.39 is 24.3 Å². The molecule has 0 unspecified atom stereocenters. The highest BCUT2D eigenvalue weighted by Crippen LogP contribution is 2.26. The molecule has 31 heavy (non-hydrogen) atoms. The molecule has 3 aromatic rings. The van der Waals surface area contributed by atoms with Gasteiger partial charge in [-0.1, -0.05) is 23.7 Å². The van der Waals surface area contributed by atoms with Gasteiger partial charge in [-0.25, -0.2) is 9.78 Å². The van der Waals surface area contributed by atoms with E-state index in [1.807, 2.05) is 12.1 Å². The van der Waals surface area contributed by atoms with Gasteiger partial charge in [0.2, 0.25) is 5.78 Å². The van der Waals surface area contributed by atoms with Gasteiger partial charge in [0, 0.05) is 27.2 Å². The molecule has 0 amide bonds. The van der Waals surface area contributed by atoms with Crippen LogP contribution in [0.4, 0.5) is 0 Å². The number of aromatic amines is 1. The van der Waals surface area contributed by atoms with E-state index in [0.29, 0.717) is 27.5 Å². The molecule has 0 atom stereocenters. The summed E-state index contributed by atoms with van der Waals surface area (Å²) < 4.78 is 10.1. The average Bonchev–Trinajstić information content (AvgIpc) is 3.30. The second-order valence-corrected chi connectivity index (χ2v) is 8.05. The molecule has 7 nitrogen and oxygen atoms in total. The van der Waals surface area contributed by atoms with Crippen LogP contribution in [0.1, 0.15) is 44.7 Å². The van der Waals surface area contributed by atoms with E-state index >= 15 is 0 Å².